The van der Waals surface area contributed by atoms with E-state index in [4.69, 9.17) is 4.74 Å². The molecule has 2 rings (SSSR count). The highest BCUT2D eigenvalue weighted by atomic mass is 32.2. The van der Waals surface area contributed by atoms with E-state index in [1.807, 2.05) is 19.1 Å². The van der Waals surface area contributed by atoms with Gasteiger partial charge in [-0.2, -0.15) is 12.8 Å². The smallest absolute Gasteiger partial charge is 0.282 e. The summed E-state index contributed by atoms with van der Waals surface area (Å²) in [5.41, 5.74) is 1.72. The van der Waals surface area contributed by atoms with Crippen LogP contribution < -0.4 is 4.74 Å². The number of benzene rings is 2. The van der Waals surface area contributed by atoms with Crippen LogP contribution in [0.3, 0.4) is 0 Å². The summed E-state index contributed by atoms with van der Waals surface area (Å²) in [7, 11) is -3.67. The summed E-state index contributed by atoms with van der Waals surface area (Å²) in [4.78, 5) is 0.195. The van der Waals surface area contributed by atoms with Crippen molar-refractivity contribution in [2.75, 3.05) is 6.61 Å². The van der Waals surface area contributed by atoms with Crippen molar-refractivity contribution in [3.63, 3.8) is 0 Å². The molecule has 0 aliphatic carbocycles. The van der Waals surface area contributed by atoms with Gasteiger partial charge in [-0.3, -0.25) is 0 Å². The first kappa shape index (κ1) is 18.2. The zero-order valence-electron chi connectivity index (χ0n) is 14.1. The minimum atomic E-state index is -3.67. The molecular formula is C19H23NO3S. The summed E-state index contributed by atoms with van der Waals surface area (Å²) in [6.45, 7) is 4.76. The van der Waals surface area contributed by atoms with E-state index >= 15 is 0 Å². The monoisotopic (exact) mass is 345 g/mol. The molecule has 0 aromatic heterocycles. The molecule has 2 aromatic rings. The van der Waals surface area contributed by atoms with Gasteiger partial charge in [0.05, 0.1) is 11.5 Å². The lowest BCUT2D eigenvalue weighted by molar-refractivity contribution is 0.306. The Balaban J connectivity index is 1.99. The molecule has 0 atom stereocenters. The molecular weight excluding hydrogens is 322 g/mol. The van der Waals surface area contributed by atoms with Crippen LogP contribution in [-0.4, -0.2) is 21.2 Å². The minimum absolute atomic E-state index is 0.195. The lowest BCUT2D eigenvalue weighted by Crippen LogP contribution is -1.98. The molecule has 24 heavy (non-hydrogen) atoms. The van der Waals surface area contributed by atoms with E-state index in [1.54, 1.807) is 36.4 Å². The summed E-state index contributed by atoms with van der Waals surface area (Å²) >= 11 is 0. The van der Waals surface area contributed by atoms with Gasteiger partial charge in [0, 0.05) is 6.21 Å². The molecule has 0 heterocycles. The Morgan fingerprint density at radius 2 is 1.67 bits per heavy atom. The standard InChI is InChI=1S/C19H23NO3S/c1-3-4-5-14-23-18-10-8-17(9-11-18)15-20-24(21,22)19-12-6-16(2)7-13-19/h6-13,15H,3-5,14H2,1-2H3/b20-15-. The third-order valence-electron chi connectivity index (χ3n) is 3.56. The number of rotatable bonds is 8. The fraction of sp³-hybridized carbons (Fsp3) is 0.316. The van der Waals surface area contributed by atoms with Gasteiger partial charge in [0.1, 0.15) is 5.75 Å². The van der Waals surface area contributed by atoms with E-state index in [0.29, 0.717) is 12.2 Å². The molecule has 4 nitrogen and oxygen atoms in total. The van der Waals surface area contributed by atoms with Crippen LogP contribution in [0.5, 0.6) is 5.75 Å². The second-order valence-corrected chi connectivity index (χ2v) is 7.28. The van der Waals surface area contributed by atoms with E-state index < -0.39 is 10.0 Å². The third kappa shape index (κ3) is 5.49. The van der Waals surface area contributed by atoms with Gasteiger partial charge < -0.3 is 4.74 Å². The Bertz CT molecular complexity index is 763. The van der Waals surface area contributed by atoms with Gasteiger partial charge in [-0.25, -0.2) is 0 Å². The van der Waals surface area contributed by atoms with Crippen molar-refractivity contribution in [1.29, 1.82) is 0 Å². The minimum Gasteiger partial charge on any atom is -0.494 e. The third-order valence-corrected chi connectivity index (χ3v) is 4.81. The van der Waals surface area contributed by atoms with Gasteiger partial charge in [-0.15, -0.1) is 0 Å². The molecule has 0 N–H and O–H groups in total. The van der Waals surface area contributed by atoms with Crippen LogP contribution in [0, 0.1) is 6.92 Å². The Morgan fingerprint density at radius 1 is 1.00 bits per heavy atom. The summed E-state index contributed by atoms with van der Waals surface area (Å²) in [6, 6.07) is 13.9. The van der Waals surface area contributed by atoms with Gasteiger partial charge in [0.15, 0.2) is 0 Å². The lowest BCUT2D eigenvalue weighted by atomic mass is 10.2. The number of hydrogen-bond acceptors (Lipinski definition) is 3. The van der Waals surface area contributed by atoms with Crippen molar-refractivity contribution in [1.82, 2.24) is 0 Å². The quantitative estimate of drug-likeness (QED) is 0.527. The van der Waals surface area contributed by atoms with Crippen LogP contribution in [0.2, 0.25) is 0 Å². The number of sulfonamides is 1. The van der Waals surface area contributed by atoms with Crippen molar-refractivity contribution in [3.8, 4) is 5.75 Å². The van der Waals surface area contributed by atoms with Gasteiger partial charge >= 0.3 is 0 Å². The maximum absolute atomic E-state index is 12.2. The average Bonchev–Trinajstić information content (AvgIpc) is 2.58. The summed E-state index contributed by atoms with van der Waals surface area (Å²) in [5, 5.41) is 0. The highest BCUT2D eigenvalue weighted by molar-refractivity contribution is 7.90. The van der Waals surface area contributed by atoms with E-state index in [9.17, 15) is 8.42 Å². The Hall–Kier alpha value is -2.14. The maximum Gasteiger partial charge on any atom is 0.282 e. The zero-order chi connectivity index (χ0) is 17.4. The van der Waals surface area contributed by atoms with Gasteiger partial charge in [0.2, 0.25) is 0 Å². The summed E-state index contributed by atoms with van der Waals surface area (Å²) in [6.07, 6.45) is 4.71. The first-order chi connectivity index (χ1) is 11.5. The Kier molecular flexibility index (Phi) is 6.55. The summed E-state index contributed by atoms with van der Waals surface area (Å²) < 4.78 is 33.7. The van der Waals surface area contributed by atoms with E-state index in [-0.39, 0.29) is 4.90 Å². The van der Waals surface area contributed by atoms with Crippen LogP contribution in [0.4, 0.5) is 0 Å². The lowest BCUT2D eigenvalue weighted by Gasteiger charge is -2.05. The summed E-state index contributed by atoms with van der Waals surface area (Å²) in [5.74, 6) is 0.782. The van der Waals surface area contributed by atoms with Crippen LogP contribution in [-0.2, 0) is 10.0 Å². The van der Waals surface area contributed by atoms with Crippen LogP contribution in [0.25, 0.3) is 0 Å². The number of hydrogen-bond donors (Lipinski definition) is 0. The molecule has 0 amide bonds. The molecule has 2 aromatic carbocycles. The highest BCUT2D eigenvalue weighted by Crippen LogP contribution is 2.15. The van der Waals surface area contributed by atoms with Crippen molar-refractivity contribution >= 4 is 16.2 Å². The van der Waals surface area contributed by atoms with Crippen LogP contribution in [0.1, 0.15) is 37.3 Å². The largest absolute Gasteiger partial charge is 0.494 e. The van der Waals surface area contributed by atoms with Crippen LogP contribution >= 0.6 is 0 Å². The molecule has 0 aliphatic rings. The first-order valence-corrected chi connectivity index (χ1v) is 9.55. The molecule has 0 fully saturated rings. The van der Waals surface area contributed by atoms with Gasteiger partial charge in [0.25, 0.3) is 10.0 Å². The second kappa shape index (κ2) is 8.64. The van der Waals surface area contributed by atoms with E-state index in [0.717, 1.165) is 30.6 Å². The fourth-order valence-corrected chi connectivity index (χ4v) is 2.96. The molecule has 0 bridgehead atoms. The van der Waals surface area contributed by atoms with Gasteiger partial charge in [-0.1, -0.05) is 37.5 Å². The molecule has 0 spiro atoms. The first-order valence-electron chi connectivity index (χ1n) is 8.11. The topological polar surface area (TPSA) is 55.7 Å². The van der Waals surface area contributed by atoms with Crippen molar-refractivity contribution < 1.29 is 13.2 Å². The second-order valence-electron chi connectivity index (χ2n) is 5.65. The molecule has 0 saturated heterocycles. The fourth-order valence-electron chi connectivity index (χ4n) is 2.09. The number of unbranched alkanes of at least 4 members (excludes halogenated alkanes) is 2. The molecule has 0 aliphatic heterocycles. The SMILES string of the molecule is CCCCCOc1ccc(/C=N\S(=O)(=O)c2ccc(C)cc2)cc1. The normalized spacial score (nSPS) is 11.8. The van der Waals surface area contributed by atoms with Crippen LogP contribution in [0.15, 0.2) is 57.8 Å². The molecule has 0 saturated carbocycles. The van der Waals surface area contributed by atoms with Gasteiger partial charge in [-0.05, 0) is 55.3 Å². The number of aryl methyl sites for hydroxylation is 1. The highest BCUT2D eigenvalue weighted by Gasteiger charge is 2.10. The van der Waals surface area contributed by atoms with E-state index in [1.165, 1.54) is 6.21 Å². The maximum atomic E-state index is 12.2. The Labute approximate surface area is 144 Å². The zero-order valence-corrected chi connectivity index (χ0v) is 14.9. The average molecular weight is 345 g/mol. The predicted octanol–water partition coefficient (Wildman–Crippen LogP) is 4.37. The van der Waals surface area contributed by atoms with Crippen molar-refractivity contribution in [3.05, 3.63) is 59.7 Å². The predicted molar refractivity (Wildman–Crippen MR) is 97.4 cm³/mol. The molecule has 128 valence electrons. The van der Waals surface area contributed by atoms with Crippen molar-refractivity contribution in [2.45, 2.75) is 38.0 Å². The van der Waals surface area contributed by atoms with E-state index in [2.05, 4.69) is 11.3 Å². The Morgan fingerprint density at radius 3 is 2.29 bits per heavy atom. The number of ether oxygens (including phenoxy) is 1. The molecule has 5 heteroatoms. The molecule has 0 radical (unpaired) electrons. The molecule has 0 unspecified atom stereocenters. The van der Waals surface area contributed by atoms with Crippen molar-refractivity contribution in [2.24, 2.45) is 4.40 Å². The number of nitrogens with zero attached hydrogens (tertiary/aromatic N) is 1.